The van der Waals surface area contributed by atoms with Gasteiger partial charge in [-0.3, -0.25) is 9.59 Å². The molecule has 3 heterocycles. The number of nitrogens with one attached hydrogen (secondary N) is 8. The minimum atomic E-state index is -4.30. The highest BCUT2D eigenvalue weighted by Gasteiger charge is 2.50. The number of amides is 8. The summed E-state index contributed by atoms with van der Waals surface area (Å²) in [7, 11) is -8.60. The summed E-state index contributed by atoms with van der Waals surface area (Å²) in [5.74, 6) is -6.14. The fourth-order valence-electron chi connectivity index (χ4n) is 7.58. The van der Waals surface area contributed by atoms with Crippen LogP contribution in [-0.2, 0) is 67.6 Å². The van der Waals surface area contributed by atoms with E-state index >= 15 is 0 Å². The molecule has 3 aliphatic heterocycles. The third kappa shape index (κ3) is 18.0. The Morgan fingerprint density at radius 1 is 0.684 bits per heavy atom. The van der Waals surface area contributed by atoms with Crippen LogP contribution in [0.2, 0.25) is 0 Å². The van der Waals surface area contributed by atoms with Gasteiger partial charge in [0.15, 0.2) is 30.5 Å². The summed E-state index contributed by atoms with van der Waals surface area (Å²) < 4.78 is 88.9. The zero-order chi connectivity index (χ0) is 56.5. The summed E-state index contributed by atoms with van der Waals surface area (Å²) in [5, 5.41) is 53.7. The topological polar surface area (TPSA) is 506 Å². The van der Waals surface area contributed by atoms with E-state index in [1.807, 2.05) is 0 Å². The van der Waals surface area contributed by atoms with E-state index in [0.29, 0.717) is 0 Å². The number of primary amides is 2. The molecule has 76 heavy (non-hydrogen) atoms. The van der Waals surface area contributed by atoms with Crippen LogP contribution < -0.4 is 52.8 Å². The van der Waals surface area contributed by atoms with Gasteiger partial charge in [-0.1, -0.05) is 6.07 Å². The number of sulfonamides is 2. The molecule has 1 aromatic rings. The Bertz CT molecular complexity index is 2620. The number of urea groups is 2. The molecule has 16 N–H and O–H groups in total. The number of hydrogen-bond donors (Lipinski definition) is 14. The van der Waals surface area contributed by atoms with Crippen LogP contribution in [0.3, 0.4) is 0 Å². The summed E-state index contributed by atoms with van der Waals surface area (Å²) in [6.45, 7) is -0.0615. The molecule has 0 aromatic heterocycles. The van der Waals surface area contributed by atoms with E-state index in [1.54, 1.807) is 0 Å². The van der Waals surface area contributed by atoms with E-state index in [2.05, 4.69) is 41.3 Å². The number of benzene rings is 1. The smallest absolute Gasteiger partial charge is 0.477 e. The molecule has 1 saturated heterocycles. The number of rotatable bonds is 27. The van der Waals surface area contributed by atoms with Crippen LogP contribution in [0, 0.1) is 0 Å². The van der Waals surface area contributed by atoms with Crippen molar-refractivity contribution in [2.75, 3.05) is 39.4 Å². The SMILES string of the molecule is CC(=O)N[C@H]1[C@H]([C@H](OC(=O)NCCCCNS(=O)(=O)c2cccc(S(=O)(=O)NCCCCNC(=O)O[C@@H]([C@@H]3OC(C(=O)O)=C[C@H](NC(N)=O)[C@H]3NC(C)=O)[C@H]3COC(=O)O3)c2)[C@H](O)CO)OC(C(=O)O)=C[C@@H]1NC(N)=O. The number of carboxylic acid groups (broad SMARTS) is 2. The average Bonchev–Trinajstić information content (AvgIpc) is 3.77. The molecule has 0 spiro atoms. The van der Waals surface area contributed by atoms with Gasteiger partial charge in [0.05, 0.1) is 40.6 Å². The van der Waals surface area contributed by atoms with Gasteiger partial charge < -0.3 is 92.2 Å². The normalized spacial score (nSPS) is 22.3. The van der Waals surface area contributed by atoms with Gasteiger partial charge in [-0.05, 0) is 56.0 Å². The second kappa shape index (κ2) is 27.7. The molecule has 3 aliphatic rings. The van der Waals surface area contributed by atoms with Crippen LogP contribution in [-0.4, -0.2) is 192 Å². The van der Waals surface area contributed by atoms with Crippen LogP contribution in [0.25, 0.3) is 0 Å². The molecular weight excluding hydrogens is 1060 g/mol. The Hall–Kier alpha value is -7.73. The first kappa shape index (κ1) is 60.8. The van der Waals surface area contributed by atoms with E-state index < -0.39 is 170 Å². The number of hydrogen-bond acceptors (Lipinski definition) is 21. The van der Waals surface area contributed by atoms with Crippen molar-refractivity contribution in [2.45, 2.75) is 110 Å². The minimum absolute atomic E-state index is 0.0964. The average molecular weight is 1120 g/mol. The standard InChI is InChI=1S/C41H58N10O23S2/c1-19(53)48-29-23(50-37(42)60)15-26(35(56)57)70-33(29)31(25(55)17-52)73-39(62)44-10-3-5-12-46-75(65,66)21-8-7-9-22(14-21)76(67,68)47-13-6-4-11-45-40(63)74-32(28-18-69-41(64)72-28)34-30(49-20(2)54)24(51-38(43)61)16-27(71-34)36(58)59/h7-9,14-16,23-25,28-34,46-47,52,55H,3-6,10-13,17-18H2,1-2H3,(H,44,62)(H,45,63)(H,48,53)(H,49,54)(H,56,57)(H,58,59)(H3,42,50,60)(H3,43,51,61)/t23-,24-,25+,28+,29+,30+,31+,32+,33+,34+/m0/s1. The van der Waals surface area contributed by atoms with Crippen molar-refractivity contribution < 1.29 is 109 Å². The number of aliphatic hydroxyl groups excluding tert-OH is 2. The van der Waals surface area contributed by atoms with Gasteiger partial charge in [-0.25, -0.2) is 59.8 Å². The lowest BCUT2D eigenvalue weighted by molar-refractivity contribution is -0.146. The highest BCUT2D eigenvalue weighted by Crippen LogP contribution is 2.29. The Morgan fingerprint density at radius 3 is 1.55 bits per heavy atom. The summed E-state index contributed by atoms with van der Waals surface area (Å²) >= 11 is 0. The first-order valence-corrected chi connectivity index (χ1v) is 25.7. The molecule has 0 unspecified atom stereocenters. The monoisotopic (exact) mass is 1120 g/mol. The van der Waals surface area contributed by atoms with Gasteiger partial charge in [0.1, 0.15) is 12.7 Å². The number of ether oxygens (including phenoxy) is 6. The quantitative estimate of drug-likeness (QED) is 0.0225. The van der Waals surface area contributed by atoms with Gasteiger partial charge >= 0.3 is 42.3 Å². The number of carbonyl (C=O) groups excluding carboxylic acids is 7. The first-order chi connectivity index (χ1) is 35.7. The lowest BCUT2D eigenvalue weighted by Crippen LogP contribution is -2.64. The summed E-state index contributed by atoms with van der Waals surface area (Å²) in [6, 6.07) is -3.24. The Morgan fingerprint density at radius 2 is 1.13 bits per heavy atom. The van der Waals surface area contributed by atoms with Gasteiger partial charge in [0, 0.05) is 40.0 Å². The second-order valence-electron chi connectivity index (χ2n) is 16.6. The van der Waals surface area contributed by atoms with Gasteiger partial charge in [-0.2, -0.15) is 0 Å². The molecule has 1 fully saturated rings. The third-order valence-electron chi connectivity index (χ3n) is 10.9. The van der Waals surface area contributed by atoms with E-state index in [4.69, 9.17) is 39.9 Å². The number of nitrogens with two attached hydrogens (primary N) is 2. The zero-order valence-corrected chi connectivity index (χ0v) is 42.0. The highest BCUT2D eigenvalue weighted by molar-refractivity contribution is 7.90. The van der Waals surface area contributed by atoms with E-state index in [9.17, 15) is 80.4 Å². The molecule has 35 heteroatoms. The summed E-state index contributed by atoms with van der Waals surface area (Å²) in [4.78, 5) is 108. The number of aliphatic carboxylic acids is 2. The molecule has 10 atom stereocenters. The zero-order valence-electron chi connectivity index (χ0n) is 40.3. The highest BCUT2D eigenvalue weighted by atomic mass is 32.2. The third-order valence-corrected chi connectivity index (χ3v) is 13.8. The summed E-state index contributed by atoms with van der Waals surface area (Å²) in [5.41, 5.74) is 10.5. The molecule has 0 bridgehead atoms. The number of unbranched alkanes of at least 4 members (excludes halogenated alkanes) is 2. The maximum Gasteiger partial charge on any atom is 0.508 e. The van der Waals surface area contributed by atoms with Crippen LogP contribution >= 0.6 is 0 Å². The predicted octanol–water partition coefficient (Wildman–Crippen LogP) is -4.30. The maximum absolute atomic E-state index is 13.2. The molecule has 1 aromatic carbocycles. The van der Waals surface area contributed by atoms with Crippen molar-refractivity contribution in [3.05, 3.63) is 47.9 Å². The van der Waals surface area contributed by atoms with Gasteiger partial charge in [0.2, 0.25) is 43.4 Å². The molecule has 0 radical (unpaired) electrons. The Kier molecular flexibility index (Phi) is 22.2. The van der Waals surface area contributed by atoms with Gasteiger partial charge in [-0.15, -0.1) is 0 Å². The lowest BCUT2D eigenvalue weighted by atomic mass is 9.91. The Labute approximate surface area is 432 Å². The first-order valence-electron chi connectivity index (χ1n) is 22.7. The Balaban J connectivity index is 1.26. The van der Waals surface area contributed by atoms with E-state index in [0.717, 1.165) is 44.2 Å². The fourth-order valence-corrected chi connectivity index (χ4v) is 9.89. The van der Waals surface area contributed by atoms with Crippen LogP contribution in [0.5, 0.6) is 0 Å². The molecule has 4 rings (SSSR count). The van der Waals surface area contributed by atoms with Crippen LogP contribution in [0.4, 0.5) is 24.0 Å². The van der Waals surface area contributed by atoms with Crippen molar-refractivity contribution in [3.63, 3.8) is 0 Å². The predicted molar refractivity (Wildman–Crippen MR) is 251 cm³/mol. The number of carboxylic acids is 2. The number of aliphatic hydroxyl groups is 2. The van der Waals surface area contributed by atoms with E-state index in [-0.39, 0.29) is 51.9 Å². The van der Waals surface area contributed by atoms with Crippen LogP contribution in [0.1, 0.15) is 39.5 Å². The molecule has 422 valence electrons. The van der Waals surface area contributed by atoms with Crippen molar-refractivity contribution >= 4 is 74.2 Å². The molecule has 0 saturated carbocycles. The second-order valence-corrected chi connectivity index (χ2v) is 20.1. The largest absolute Gasteiger partial charge is 0.508 e. The van der Waals surface area contributed by atoms with Gasteiger partial charge in [0.25, 0.3) is 0 Å². The number of cyclic esters (lactones) is 2. The molecule has 33 nitrogen and oxygen atoms in total. The number of carbonyl (C=O) groups is 9. The number of alkyl carbamates (subject to hydrolysis) is 2. The maximum atomic E-state index is 13.2. The molecular formula is C41H58N10O23S2. The molecule has 8 amide bonds. The minimum Gasteiger partial charge on any atom is -0.477 e. The van der Waals surface area contributed by atoms with Crippen molar-refractivity contribution in [2.24, 2.45) is 11.5 Å². The van der Waals surface area contributed by atoms with Crippen molar-refractivity contribution in [3.8, 4) is 0 Å². The lowest BCUT2D eigenvalue weighted by Gasteiger charge is -2.41. The van der Waals surface area contributed by atoms with Crippen molar-refractivity contribution in [1.82, 2.24) is 41.3 Å². The summed E-state index contributed by atoms with van der Waals surface area (Å²) in [6.07, 6.45) is -11.4. The fraction of sp³-hybridized carbons (Fsp3) is 0.537. The van der Waals surface area contributed by atoms with Crippen molar-refractivity contribution in [1.29, 1.82) is 0 Å². The molecule has 0 aliphatic carbocycles. The van der Waals surface area contributed by atoms with Crippen LogP contribution in [0.15, 0.2) is 57.7 Å². The van der Waals surface area contributed by atoms with E-state index in [1.165, 1.54) is 6.07 Å².